The Balaban J connectivity index is 1.65. The molecule has 3 nitrogen and oxygen atoms in total. The second-order valence-corrected chi connectivity index (χ2v) is 5.13. The fraction of sp³-hybridized carbons (Fsp3) is 0.429. The highest BCUT2D eigenvalue weighted by atomic mass is 19.1. The average Bonchev–Trinajstić information content (AvgIpc) is 2.99. The number of rotatable bonds is 2. The van der Waals surface area contributed by atoms with Crippen LogP contribution in [0.5, 0.6) is 0 Å². The quantitative estimate of drug-likeness (QED) is 0.801. The van der Waals surface area contributed by atoms with Crippen molar-refractivity contribution in [3.8, 4) is 0 Å². The van der Waals surface area contributed by atoms with E-state index in [1.165, 1.54) is 43.5 Å². The molecule has 18 heavy (non-hydrogen) atoms. The van der Waals surface area contributed by atoms with Gasteiger partial charge in [0.15, 0.2) is 0 Å². The monoisotopic (exact) mass is 246 g/mol. The van der Waals surface area contributed by atoms with Crippen LogP contribution in [-0.4, -0.2) is 11.6 Å². The van der Waals surface area contributed by atoms with Gasteiger partial charge in [-0.1, -0.05) is 0 Å². The third-order valence-electron chi connectivity index (χ3n) is 3.92. The zero-order chi connectivity index (χ0) is 12.5. The van der Waals surface area contributed by atoms with Crippen LogP contribution in [0.4, 0.5) is 4.39 Å². The van der Waals surface area contributed by atoms with Crippen molar-refractivity contribution in [2.45, 2.75) is 25.7 Å². The predicted octanol–water partition coefficient (Wildman–Crippen LogP) is 2.73. The number of carbonyl (C=O) groups is 1. The maximum atomic E-state index is 12.7. The molecule has 0 saturated heterocycles. The molecule has 0 aromatic heterocycles. The Hall–Kier alpha value is -1.71. The molecule has 1 amide bonds. The number of hydrogen-bond donors (Lipinski definition) is 1. The first-order valence-corrected chi connectivity index (χ1v) is 6.35. The minimum absolute atomic E-state index is 0.273. The van der Waals surface area contributed by atoms with E-state index in [0.29, 0.717) is 11.5 Å². The smallest absolute Gasteiger partial charge is 0.267 e. The van der Waals surface area contributed by atoms with E-state index in [4.69, 9.17) is 0 Å². The second-order valence-electron chi connectivity index (χ2n) is 5.13. The summed E-state index contributed by atoms with van der Waals surface area (Å²) < 4.78 is 12.7. The normalized spacial score (nSPS) is 27.7. The lowest BCUT2D eigenvalue weighted by Gasteiger charge is -2.11. The first-order chi connectivity index (χ1) is 8.72. The highest BCUT2D eigenvalue weighted by Crippen LogP contribution is 2.42. The molecule has 2 aliphatic carbocycles. The van der Waals surface area contributed by atoms with E-state index in [-0.39, 0.29) is 11.7 Å². The van der Waals surface area contributed by atoms with Gasteiger partial charge >= 0.3 is 0 Å². The van der Waals surface area contributed by atoms with E-state index in [2.05, 4.69) is 10.5 Å². The number of benzene rings is 1. The fourth-order valence-corrected chi connectivity index (χ4v) is 2.95. The largest absolute Gasteiger partial charge is 0.271 e. The van der Waals surface area contributed by atoms with Gasteiger partial charge in [-0.05, 0) is 61.8 Å². The molecule has 2 aliphatic rings. The van der Waals surface area contributed by atoms with Crippen molar-refractivity contribution >= 4 is 11.6 Å². The van der Waals surface area contributed by atoms with Crippen molar-refractivity contribution in [2.75, 3.05) is 0 Å². The van der Waals surface area contributed by atoms with Gasteiger partial charge in [0.1, 0.15) is 5.82 Å². The molecule has 0 aliphatic heterocycles. The number of hydrazone groups is 1. The van der Waals surface area contributed by atoms with Gasteiger partial charge in [0.2, 0.25) is 0 Å². The van der Waals surface area contributed by atoms with Gasteiger partial charge in [0, 0.05) is 11.3 Å². The molecule has 1 N–H and O–H groups in total. The Morgan fingerprint density at radius 3 is 2.67 bits per heavy atom. The first kappa shape index (κ1) is 11.4. The second kappa shape index (κ2) is 4.52. The summed E-state index contributed by atoms with van der Waals surface area (Å²) in [6, 6.07) is 5.48. The summed E-state index contributed by atoms with van der Waals surface area (Å²) in [4.78, 5) is 11.8. The zero-order valence-electron chi connectivity index (χ0n) is 10.0. The topological polar surface area (TPSA) is 41.5 Å². The zero-order valence-corrected chi connectivity index (χ0v) is 10.0. The fourth-order valence-electron chi connectivity index (χ4n) is 2.95. The Bertz CT molecular complexity index is 495. The Labute approximate surface area is 105 Å². The van der Waals surface area contributed by atoms with Crippen LogP contribution in [0.1, 0.15) is 36.0 Å². The van der Waals surface area contributed by atoms with Gasteiger partial charge in [-0.15, -0.1) is 0 Å². The molecule has 0 spiro atoms. The number of hydrogen-bond acceptors (Lipinski definition) is 2. The molecule has 0 heterocycles. The van der Waals surface area contributed by atoms with Crippen molar-refractivity contribution in [1.82, 2.24) is 5.43 Å². The molecule has 2 bridgehead atoms. The number of amides is 1. The summed E-state index contributed by atoms with van der Waals surface area (Å²) >= 11 is 0. The molecule has 94 valence electrons. The Morgan fingerprint density at radius 1 is 1.28 bits per heavy atom. The van der Waals surface area contributed by atoms with Crippen molar-refractivity contribution in [2.24, 2.45) is 16.9 Å². The number of carbonyl (C=O) groups excluding carboxylic acids is 1. The van der Waals surface area contributed by atoms with E-state index in [0.717, 1.165) is 18.1 Å². The maximum Gasteiger partial charge on any atom is 0.271 e. The van der Waals surface area contributed by atoms with Crippen molar-refractivity contribution in [3.63, 3.8) is 0 Å². The van der Waals surface area contributed by atoms with Crippen molar-refractivity contribution in [1.29, 1.82) is 0 Å². The van der Waals surface area contributed by atoms with E-state index >= 15 is 0 Å². The van der Waals surface area contributed by atoms with Crippen LogP contribution in [0.15, 0.2) is 29.4 Å². The predicted molar refractivity (Wildman–Crippen MR) is 66.7 cm³/mol. The Kier molecular flexibility index (Phi) is 2.86. The van der Waals surface area contributed by atoms with Crippen LogP contribution >= 0.6 is 0 Å². The first-order valence-electron chi connectivity index (χ1n) is 6.35. The maximum absolute atomic E-state index is 12.7. The van der Waals surface area contributed by atoms with Crippen molar-refractivity contribution in [3.05, 3.63) is 35.6 Å². The molecule has 1 aromatic rings. The van der Waals surface area contributed by atoms with Crippen LogP contribution < -0.4 is 5.43 Å². The van der Waals surface area contributed by atoms with Gasteiger partial charge in [-0.2, -0.15) is 5.10 Å². The van der Waals surface area contributed by atoms with Crippen molar-refractivity contribution < 1.29 is 9.18 Å². The lowest BCUT2D eigenvalue weighted by Crippen LogP contribution is -2.21. The summed E-state index contributed by atoms with van der Waals surface area (Å²) in [6.45, 7) is 0. The third kappa shape index (κ3) is 2.15. The Morgan fingerprint density at radius 2 is 2.06 bits per heavy atom. The molecule has 2 saturated carbocycles. The van der Waals surface area contributed by atoms with Gasteiger partial charge in [-0.3, -0.25) is 4.79 Å². The molecule has 1 aromatic carbocycles. The van der Waals surface area contributed by atoms with Gasteiger partial charge in [0.25, 0.3) is 5.91 Å². The summed E-state index contributed by atoms with van der Waals surface area (Å²) in [5.74, 6) is 0.733. The number of halogens is 1. The van der Waals surface area contributed by atoms with E-state index in [9.17, 15) is 9.18 Å². The molecule has 4 heteroatoms. The van der Waals surface area contributed by atoms with Crippen LogP contribution in [0, 0.1) is 17.7 Å². The minimum atomic E-state index is -0.342. The SMILES string of the molecule is O=C(N/N=C1\CC2CCC1C2)c1ccc(F)cc1. The lowest BCUT2D eigenvalue weighted by molar-refractivity contribution is 0.0954. The number of nitrogens with one attached hydrogen (secondary N) is 1. The molecule has 0 radical (unpaired) electrons. The van der Waals surface area contributed by atoms with E-state index in [1.807, 2.05) is 0 Å². The molecular formula is C14H15FN2O. The summed E-state index contributed by atoms with van der Waals surface area (Å²) in [6.07, 6.45) is 4.76. The lowest BCUT2D eigenvalue weighted by atomic mass is 9.99. The molecule has 2 fully saturated rings. The molecular weight excluding hydrogens is 231 g/mol. The number of nitrogens with zero attached hydrogens (tertiary/aromatic N) is 1. The highest BCUT2D eigenvalue weighted by Gasteiger charge is 2.36. The number of fused-ring (bicyclic) bond motifs is 2. The average molecular weight is 246 g/mol. The minimum Gasteiger partial charge on any atom is -0.267 e. The summed E-state index contributed by atoms with van der Waals surface area (Å²) in [7, 11) is 0. The van der Waals surface area contributed by atoms with E-state index < -0.39 is 0 Å². The molecule has 2 atom stereocenters. The van der Waals surface area contributed by atoms with Gasteiger partial charge < -0.3 is 0 Å². The standard InChI is InChI=1S/C14H15FN2O/c15-12-5-3-10(4-6-12)14(18)17-16-13-8-9-1-2-11(13)7-9/h3-6,9,11H,1-2,7-8H2,(H,17,18)/b16-13+. The van der Waals surface area contributed by atoms with Crippen LogP contribution in [0.25, 0.3) is 0 Å². The van der Waals surface area contributed by atoms with Crippen LogP contribution in [0.2, 0.25) is 0 Å². The molecule has 2 unspecified atom stereocenters. The van der Waals surface area contributed by atoms with E-state index in [1.54, 1.807) is 0 Å². The third-order valence-corrected chi connectivity index (χ3v) is 3.92. The van der Waals surface area contributed by atoms with Crippen LogP contribution in [-0.2, 0) is 0 Å². The van der Waals surface area contributed by atoms with Crippen LogP contribution in [0.3, 0.4) is 0 Å². The highest BCUT2D eigenvalue weighted by molar-refractivity contribution is 5.96. The van der Waals surface area contributed by atoms with Gasteiger partial charge in [-0.25, -0.2) is 9.82 Å². The summed E-state index contributed by atoms with van der Waals surface area (Å²) in [5, 5.41) is 4.23. The van der Waals surface area contributed by atoms with Gasteiger partial charge in [0.05, 0.1) is 0 Å². The summed E-state index contributed by atoms with van der Waals surface area (Å²) in [5.41, 5.74) is 4.13. The molecule has 3 rings (SSSR count).